The van der Waals surface area contributed by atoms with Gasteiger partial charge in [0.05, 0.1) is 13.2 Å². The molecule has 9 heavy (non-hydrogen) atoms. The average Bonchev–Trinajstić information content (AvgIpc) is 1.94. The Hall–Kier alpha value is -0.780. The van der Waals surface area contributed by atoms with Crippen LogP contribution >= 0.6 is 0 Å². The zero-order valence-electron chi connectivity index (χ0n) is 5.75. The summed E-state index contributed by atoms with van der Waals surface area (Å²) >= 11 is 0. The Morgan fingerprint density at radius 3 is 1.44 bits per heavy atom. The predicted octanol–water partition coefficient (Wildman–Crippen LogP) is 0.413. The predicted molar refractivity (Wildman–Crippen MR) is 39.9 cm³/mol. The van der Waals surface area contributed by atoms with Crippen molar-refractivity contribution in [3.05, 3.63) is 12.7 Å². The highest BCUT2D eigenvalue weighted by Crippen LogP contribution is 1.39. The minimum absolute atomic E-state index is 0.125. The zero-order chi connectivity index (χ0) is 8.12. The van der Waals surface area contributed by atoms with Gasteiger partial charge in [0.2, 0.25) is 0 Å². The van der Waals surface area contributed by atoms with Gasteiger partial charge in [-0.3, -0.25) is 0 Å². The van der Waals surface area contributed by atoms with Crippen LogP contribution in [0, 0.1) is 12.8 Å². The van der Waals surface area contributed by atoms with Crippen LogP contribution in [-0.2, 0) is 0 Å². The summed E-state index contributed by atoms with van der Waals surface area (Å²) in [6.07, 6.45) is 9.75. The van der Waals surface area contributed by atoms with E-state index in [4.69, 9.17) is 10.2 Å². The fourth-order valence-corrected chi connectivity index (χ4v) is 0. The third-order valence-electron chi connectivity index (χ3n) is 0.1000. The molecule has 0 aliphatic heterocycles. The SMILES string of the molecule is C#C.C=CC.OCCO. The first-order chi connectivity index (χ1) is 4.33. The lowest BCUT2D eigenvalue weighted by Crippen LogP contribution is -1.85. The van der Waals surface area contributed by atoms with E-state index in [1.165, 1.54) is 0 Å². The summed E-state index contributed by atoms with van der Waals surface area (Å²) in [5.41, 5.74) is 0. The molecule has 0 atom stereocenters. The number of rotatable bonds is 1. The molecule has 0 saturated heterocycles. The van der Waals surface area contributed by atoms with Crippen molar-refractivity contribution in [3.63, 3.8) is 0 Å². The van der Waals surface area contributed by atoms with Gasteiger partial charge in [0.15, 0.2) is 0 Å². The maximum atomic E-state index is 7.62. The van der Waals surface area contributed by atoms with E-state index in [0.717, 1.165) is 0 Å². The molecule has 2 heteroatoms. The molecule has 0 aromatic heterocycles. The largest absolute Gasteiger partial charge is 0.394 e. The van der Waals surface area contributed by atoms with Crippen LogP contribution in [-0.4, -0.2) is 23.4 Å². The number of hydrogen-bond acceptors (Lipinski definition) is 2. The summed E-state index contributed by atoms with van der Waals surface area (Å²) in [6.45, 7) is 5.00. The number of aliphatic hydroxyl groups is 2. The average molecular weight is 130 g/mol. The van der Waals surface area contributed by atoms with Gasteiger partial charge in [0, 0.05) is 0 Å². The van der Waals surface area contributed by atoms with E-state index in [-0.39, 0.29) is 13.2 Å². The Kier molecular flexibility index (Phi) is 99.0. The quantitative estimate of drug-likeness (QED) is 0.399. The van der Waals surface area contributed by atoms with Gasteiger partial charge in [-0.05, 0) is 6.92 Å². The van der Waals surface area contributed by atoms with Crippen LogP contribution in [0.2, 0.25) is 0 Å². The summed E-state index contributed by atoms with van der Waals surface area (Å²) in [7, 11) is 0. The molecule has 0 saturated carbocycles. The van der Waals surface area contributed by atoms with Gasteiger partial charge in [-0.25, -0.2) is 0 Å². The first kappa shape index (κ1) is 15.7. The van der Waals surface area contributed by atoms with Crippen LogP contribution in [0.5, 0.6) is 0 Å². The second-order valence-electron chi connectivity index (χ2n) is 0.855. The lowest BCUT2D eigenvalue weighted by molar-refractivity contribution is 0.186. The van der Waals surface area contributed by atoms with E-state index in [2.05, 4.69) is 19.4 Å². The Balaban J connectivity index is -0.0000000646. The summed E-state index contributed by atoms with van der Waals surface area (Å²) in [5, 5.41) is 15.2. The van der Waals surface area contributed by atoms with Crippen molar-refractivity contribution in [2.75, 3.05) is 13.2 Å². The van der Waals surface area contributed by atoms with Gasteiger partial charge in [0.1, 0.15) is 0 Å². The molecule has 2 nitrogen and oxygen atoms in total. The van der Waals surface area contributed by atoms with Crippen LogP contribution in [0.4, 0.5) is 0 Å². The molecule has 0 spiro atoms. The zero-order valence-corrected chi connectivity index (χ0v) is 5.75. The van der Waals surface area contributed by atoms with E-state index in [1.807, 2.05) is 6.92 Å². The van der Waals surface area contributed by atoms with E-state index < -0.39 is 0 Å². The van der Waals surface area contributed by atoms with Crippen molar-refractivity contribution in [1.82, 2.24) is 0 Å². The van der Waals surface area contributed by atoms with Gasteiger partial charge < -0.3 is 10.2 Å². The number of allylic oxidation sites excluding steroid dienone is 1. The van der Waals surface area contributed by atoms with E-state index in [9.17, 15) is 0 Å². The molecule has 2 N–H and O–H groups in total. The maximum Gasteiger partial charge on any atom is 0.0662 e. The Bertz CT molecular complexity index is 46.1. The first-order valence-corrected chi connectivity index (χ1v) is 2.45. The summed E-state index contributed by atoms with van der Waals surface area (Å²) in [5.74, 6) is 0. The molecular formula is C7H14O2. The van der Waals surface area contributed by atoms with Gasteiger partial charge >= 0.3 is 0 Å². The fraction of sp³-hybridized carbons (Fsp3) is 0.429. The minimum Gasteiger partial charge on any atom is -0.394 e. The maximum absolute atomic E-state index is 7.62. The summed E-state index contributed by atoms with van der Waals surface area (Å²) in [6, 6.07) is 0. The third kappa shape index (κ3) is 4060. The van der Waals surface area contributed by atoms with Crippen molar-refractivity contribution < 1.29 is 10.2 Å². The van der Waals surface area contributed by atoms with Crippen molar-refractivity contribution >= 4 is 0 Å². The van der Waals surface area contributed by atoms with E-state index in [0.29, 0.717) is 0 Å². The fourth-order valence-electron chi connectivity index (χ4n) is 0. The van der Waals surface area contributed by atoms with Gasteiger partial charge in [0.25, 0.3) is 0 Å². The van der Waals surface area contributed by atoms with Crippen molar-refractivity contribution in [2.24, 2.45) is 0 Å². The molecule has 0 heterocycles. The smallest absolute Gasteiger partial charge is 0.0662 e. The number of aliphatic hydroxyl groups excluding tert-OH is 2. The lowest BCUT2D eigenvalue weighted by Gasteiger charge is -1.70. The molecule has 0 unspecified atom stereocenters. The van der Waals surface area contributed by atoms with E-state index >= 15 is 0 Å². The molecule has 0 bridgehead atoms. The van der Waals surface area contributed by atoms with Crippen LogP contribution in [0.1, 0.15) is 6.92 Å². The molecule has 0 radical (unpaired) electrons. The van der Waals surface area contributed by atoms with E-state index in [1.54, 1.807) is 6.08 Å². The van der Waals surface area contributed by atoms with Gasteiger partial charge in [-0.1, -0.05) is 6.08 Å². The molecule has 0 aliphatic carbocycles. The highest BCUT2D eigenvalue weighted by atomic mass is 16.3. The normalized spacial score (nSPS) is 5.00. The Morgan fingerprint density at radius 2 is 1.44 bits per heavy atom. The molecule has 0 rings (SSSR count). The van der Waals surface area contributed by atoms with Crippen LogP contribution < -0.4 is 0 Å². The van der Waals surface area contributed by atoms with Crippen LogP contribution in [0.3, 0.4) is 0 Å². The molecule has 0 fully saturated rings. The number of hydrogen-bond donors (Lipinski definition) is 2. The summed E-state index contributed by atoms with van der Waals surface area (Å²) < 4.78 is 0. The number of terminal acetylenes is 1. The third-order valence-corrected chi connectivity index (χ3v) is 0.1000. The van der Waals surface area contributed by atoms with Gasteiger partial charge in [-0.15, -0.1) is 19.4 Å². The van der Waals surface area contributed by atoms with Crippen LogP contribution in [0.15, 0.2) is 12.7 Å². The van der Waals surface area contributed by atoms with Crippen LogP contribution in [0.25, 0.3) is 0 Å². The standard InChI is InChI=1S/C3H6.C2H6O2.C2H2/c1-3-2;3-1-2-4;1-2/h3H,1H2,2H3;3-4H,1-2H2;1-2H. The Labute approximate surface area is 56.8 Å². The molecule has 0 aromatic carbocycles. The Morgan fingerprint density at radius 1 is 1.33 bits per heavy atom. The van der Waals surface area contributed by atoms with Gasteiger partial charge in [-0.2, -0.15) is 0 Å². The molecular weight excluding hydrogens is 116 g/mol. The van der Waals surface area contributed by atoms with Crippen molar-refractivity contribution in [1.29, 1.82) is 0 Å². The van der Waals surface area contributed by atoms with Crippen molar-refractivity contribution in [3.8, 4) is 12.8 Å². The highest BCUT2D eigenvalue weighted by Gasteiger charge is 1.58. The molecule has 0 amide bonds. The summed E-state index contributed by atoms with van der Waals surface area (Å²) in [4.78, 5) is 0. The van der Waals surface area contributed by atoms with Crippen molar-refractivity contribution in [2.45, 2.75) is 6.92 Å². The highest BCUT2D eigenvalue weighted by molar-refractivity contribution is 4.51. The lowest BCUT2D eigenvalue weighted by atomic mass is 10.8. The monoisotopic (exact) mass is 130 g/mol. The minimum atomic E-state index is -0.125. The molecule has 0 aliphatic rings. The second kappa shape index (κ2) is 56.7. The molecule has 0 aromatic rings. The second-order valence-corrected chi connectivity index (χ2v) is 0.855. The first-order valence-electron chi connectivity index (χ1n) is 2.45. The topological polar surface area (TPSA) is 40.5 Å². The molecule has 54 valence electrons.